The lowest BCUT2D eigenvalue weighted by molar-refractivity contribution is -0.870. The molecule has 0 aromatic carbocycles. The highest BCUT2D eigenvalue weighted by Gasteiger charge is 2.30. The summed E-state index contributed by atoms with van der Waals surface area (Å²) in [5, 5.41) is 2.99. The number of nitrogens with zero attached hydrogens (tertiary/aromatic N) is 1. The van der Waals surface area contributed by atoms with Gasteiger partial charge in [-0.05, 0) is 63.9 Å². The van der Waals surface area contributed by atoms with Crippen molar-refractivity contribution in [3.8, 4) is 0 Å². The van der Waals surface area contributed by atoms with E-state index in [4.69, 9.17) is 13.8 Å². The van der Waals surface area contributed by atoms with E-state index in [0.29, 0.717) is 17.4 Å². The number of quaternary nitrogens is 1. The fourth-order valence-corrected chi connectivity index (χ4v) is 8.19. The van der Waals surface area contributed by atoms with Crippen LogP contribution >= 0.6 is 7.82 Å². The van der Waals surface area contributed by atoms with Crippen LogP contribution in [0.15, 0.2) is 72.9 Å². The van der Waals surface area contributed by atoms with Crippen LogP contribution in [0, 0.1) is 0 Å². The van der Waals surface area contributed by atoms with Gasteiger partial charge in [-0.1, -0.05) is 222 Å². The summed E-state index contributed by atoms with van der Waals surface area (Å²) in [5.74, 6) is -0.602. The molecule has 0 radical (unpaired) electrons. The van der Waals surface area contributed by atoms with E-state index < -0.39 is 20.0 Å². The Morgan fingerprint density at radius 1 is 0.537 bits per heavy atom. The molecule has 0 saturated heterocycles. The minimum absolute atomic E-state index is 0.0256. The normalized spacial score (nSPS) is 14.4. The number of phosphoric acid groups is 1. The topological polar surface area (TPSA) is 111 Å². The summed E-state index contributed by atoms with van der Waals surface area (Å²) in [4.78, 5) is 37.4. The van der Waals surface area contributed by atoms with Crippen molar-refractivity contribution in [3.63, 3.8) is 0 Å². The number of carbonyl (C=O) groups excluding carboxylic acids is 2. The first kappa shape index (κ1) is 64.5. The van der Waals surface area contributed by atoms with Crippen LogP contribution in [0.2, 0.25) is 0 Å². The maximum Gasteiger partial charge on any atom is 0.472 e. The largest absolute Gasteiger partial charge is 0.472 e. The molecule has 1 amide bonds. The molecule has 67 heavy (non-hydrogen) atoms. The summed E-state index contributed by atoms with van der Waals surface area (Å²) >= 11 is 0. The first-order chi connectivity index (χ1) is 32.4. The van der Waals surface area contributed by atoms with Crippen LogP contribution in [0.3, 0.4) is 0 Å². The number of amides is 1. The highest BCUT2D eigenvalue weighted by atomic mass is 31.2. The molecular formula is C57H104N2O7P+. The Morgan fingerprint density at radius 3 is 1.43 bits per heavy atom. The van der Waals surface area contributed by atoms with E-state index in [1.165, 1.54) is 116 Å². The van der Waals surface area contributed by atoms with Crippen molar-refractivity contribution in [2.75, 3.05) is 40.9 Å². The molecule has 0 rings (SSSR count). The molecule has 0 spiro atoms. The quantitative estimate of drug-likeness (QED) is 0.0205. The van der Waals surface area contributed by atoms with Crippen molar-refractivity contribution < 1.29 is 37.3 Å². The molecular weight excluding hydrogens is 856 g/mol. The van der Waals surface area contributed by atoms with E-state index in [2.05, 4.69) is 74.7 Å². The molecule has 0 heterocycles. The van der Waals surface area contributed by atoms with E-state index in [0.717, 1.165) is 70.6 Å². The standard InChI is InChI=1S/C57H103N2O7P/c1-7-10-13-16-19-22-25-27-29-30-31-34-37-40-43-46-49-56(60)58-54(53-65-67(62,63)64-52-51-59(4,5)6)55(48-45-42-39-36-33-24-21-18-15-12-9-3)66-57(61)50-47-44-41-38-35-32-28-26-23-20-17-14-11-8-2/h10,13,19,22,27,29,31,34,40,43,45,48,54-55H,7-9,11-12,14-18,20-21,23-26,28,30,32-33,35-39,41-42,44,46-47,49-53H2,1-6H3,(H-,58,60,62,63)/p+1/b13-10+,22-19+,29-27+,34-31+,43-40+,48-45+. The molecule has 9 nitrogen and oxygen atoms in total. The Morgan fingerprint density at radius 2 is 0.970 bits per heavy atom. The predicted octanol–water partition coefficient (Wildman–Crippen LogP) is 16.1. The van der Waals surface area contributed by atoms with Crippen LogP contribution in [0.25, 0.3) is 0 Å². The number of ether oxygens (including phenoxy) is 1. The second kappa shape index (κ2) is 47.1. The minimum atomic E-state index is -4.46. The predicted molar refractivity (Wildman–Crippen MR) is 286 cm³/mol. The van der Waals surface area contributed by atoms with Crippen molar-refractivity contribution in [1.82, 2.24) is 5.32 Å². The maximum absolute atomic E-state index is 13.4. The number of phosphoric ester groups is 1. The lowest BCUT2D eigenvalue weighted by Gasteiger charge is -2.27. The molecule has 388 valence electrons. The smallest absolute Gasteiger partial charge is 0.456 e. The van der Waals surface area contributed by atoms with Crippen LogP contribution < -0.4 is 5.32 Å². The first-order valence-electron chi connectivity index (χ1n) is 27.3. The summed E-state index contributed by atoms with van der Waals surface area (Å²) in [6, 6.07) is -0.886. The molecule has 0 aromatic rings. The van der Waals surface area contributed by atoms with Gasteiger partial charge in [0, 0.05) is 12.8 Å². The number of likely N-dealkylation sites (N-methyl/N-ethyl adjacent to an activating group) is 1. The van der Waals surface area contributed by atoms with Crippen LogP contribution in [-0.4, -0.2) is 74.3 Å². The molecule has 3 unspecified atom stereocenters. The zero-order valence-electron chi connectivity index (χ0n) is 44.1. The molecule has 2 N–H and O–H groups in total. The first-order valence-corrected chi connectivity index (χ1v) is 28.8. The van der Waals surface area contributed by atoms with Crippen LogP contribution in [0.1, 0.15) is 226 Å². The number of hydrogen-bond donors (Lipinski definition) is 2. The Kier molecular flexibility index (Phi) is 45.3. The Balaban J connectivity index is 5.48. The van der Waals surface area contributed by atoms with E-state index in [-0.39, 0.29) is 37.9 Å². The van der Waals surface area contributed by atoms with E-state index in [1.54, 1.807) is 0 Å². The molecule has 0 aliphatic heterocycles. The van der Waals surface area contributed by atoms with Gasteiger partial charge in [0.1, 0.15) is 19.3 Å². The summed E-state index contributed by atoms with van der Waals surface area (Å²) < 4.78 is 30.5. The number of hydrogen-bond acceptors (Lipinski definition) is 6. The molecule has 0 aromatic heterocycles. The van der Waals surface area contributed by atoms with Crippen molar-refractivity contribution in [2.24, 2.45) is 0 Å². The number of esters is 1. The summed E-state index contributed by atoms with van der Waals surface area (Å²) in [6.07, 6.45) is 59.1. The van der Waals surface area contributed by atoms with Gasteiger partial charge in [-0.15, -0.1) is 0 Å². The van der Waals surface area contributed by atoms with Crippen molar-refractivity contribution in [3.05, 3.63) is 72.9 Å². The van der Waals surface area contributed by atoms with E-state index in [1.807, 2.05) is 45.4 Å². The van der Waals surface area contributed by atoms with Gasteiger partial charge in [0.25, 0.3) is 0 Å². The van der Waals surface area contributed by atoms with Crippen LogP contribution in [0.5, 0.6) is 0 Å². The molecule has 0 fully saturated rings. The number of carbonyl (C=O) groups is 2. The van der Waals surface area contributed by atoms with E-state index >= 15 is 0 Å². The minimum Gasteiger partial charge on any atom is -0.456 e. The van der Waals surface area contributed by atoms with Gasteiger partial charge >= 0.3 is 13.8 Å². The average molecular weight is 960 g/mol. The summed E-state index contributed by atoms with van der Waals surface area (Å²) in [6.45, 7) is 6.82. The van der Waals surface area contributed by atoms with Gasteiger partial charge in [-0.2, -0.15) is 0 Å². The fourth-order valence-electron chi connectivity index (χ4n) is 7.46. The fraction of sp³-hybridized carbons (Fsp3) is 0.754. The monoisotopic (exact) mass is 960 g/mol. The molecule has 3 atom stereocenters. The Labute approximate surface area is 413 Å². The molecule has 0 aliphatic carbocycles. The van der Waals surface area contributed by atoms with Gasteiger partial charge in [0.05, 0.1) is 33.8 Å². The van der Waals surface area contributed by atoms with Gasteiger partial charge in [0.15, 0.2) is 0 Å². The number of nitrogens with one attached hydrogen (secondary N) is 1. The zero-order valence-corrected chi connectivity index (χ0v) is 45.0. The molecule has 0 bridgehead atoms. The molecule has 0 aliphatic rings. The number of allylic oxidation sites excluding steroid dienone is 11. The number of rotatable bonds is 48. The van der Waals surface area contributed by atoms with Crippen molar-refractivity contribution in [1.29, 1.82) is 0 Å². The van der Waals surface area contributed by atoms with Gasteiger partial charge in [-0.3, -0.25) is 18.6 Å². The third-order valence-corrected chi connectivity index (χ3v) is 12.7. The Hall–Kier alpha value is -2.55. The highest BCUT2D eigenvalue weighted by molar-refractivity contribution is 7.47. The van der Waals surface area contributed by atoms with Gasteiger partial charge in [-0.25, -0.2) is 4.57 Å². The molecule has 10 heteroatoms. The zero-order chi connectivity index (χ0) is 49.4. The third-order valence-electron chi connectivity index (χ3n) is 11.7. The highest BCUT2D eigenvalue weighted by Crippen LogP contribution is 2.43. The second-order valence-electron chi connectivity index (χ2n) is 19.4. The van der Waals surface area contributed by atoms with Crippen molar-refractivity contribution >= 4 is 19.7 Å². The average Bonchev–Trinajstić information content (AvgIpc) is 3.28. The Bertz CT molecular complexity index is 1380. The number of unbranched alkanes of at least 4 members (excludes halogenated alkanes) is 22. The molecule has 0 saturated carbocycles. The maximum atomic E-state index is 13.4. The van der Waals surface area contributed by atoms with Gasteiger partial charge < -0.3 is 19.4 Å². The van der Waals surface area contributed by atoms with E-state index in [9.17, 15) is 19.0 Å². The van der Waals surface area contributed by atoms with Gasteiger partial charge in [0.2, 0.25) is 5.91 Å². The second-order valence-corrected chi connectivity index (χ2v) is 20.8. The lowest BCUT2D eigenvalue weighted by Crippen LogP contribution is -2.47. The van der Waals surface area contributed by atoms with Crippen LogP contribution in [-0.2, 0) is 27.9 Å². The SMILES string of the molecule is CC/C=C/C/C=C/C/C=C/C/C=C/C/C=C/CCC(=O)NC(COP(=O)(O)OCC[N+](C)(C)C)C(/C=C/CCCCCCCCCCC)OC(=O)CCCCCCCCCCCCCCCC. The summed E-state index contributed by atoms with van der Waals surface area (Å²) in [5.41, 5.74) is 0. The van der Waals surface area contributed by atoms with Crippen LogP contribution in [0.4, 0.5) is 0 Å². The summed E-state index contributed by atoms with van der Waals surface area (Å²) in [7, 11) is 1.45. The van der Waals surface area contributed by atoms with Crippen molar-refractivity contribution in [2.45, 2.75) is 238 Å². The third kappa shape index (κ3) is 48.3. The lowest BCUT2D eigenvalue weighted by atomic mass is 10.0.